The Morgan fingerprint density at radius 1 is 0.933 bits per heavy atom. The van der Waals surface area contributed by atoms with Crippen LogP contribution >= 0.6 is 11.6 Å². The molecule has 1 fully saturated rings. The summed E-state index contributed by atoms with van der Waals surface area (Å²) in [5.74, 6) is 0.903. The highest BCUT2D eigenvalue weighted by molar-refractivity contribution is 6.35. The van der Waals surface area contributed by atoms with Gasteiger partial charge in [0.25, 0.3) is 0 Å². The van der Waals surface area contributed by atoms with E-state index < -0.39 is 0 Å². The smallest absolute Gasteiger partial charge is 0.157 e. The summed E-state index contributed by atoms with van der Waals surface area (Å²) >= 11 is 6.56. The maximum atomic E-state index is 9.00. The number of hydrogen-bond acceptors (Lipinski definition) is 5. The molecule has 0 radical (unpaired) electrons. The number of rotatable bonds is 4. The molecule has 0 atom stereocenters. The molecule has 2 aromatic carbocycles. The number of pyridine rings is 1. The summed E-state index contributed by atoms with van der Waals surface area (Å²) < 4.78 is 2.27. The van der Waals surface area contributed by atoms with Gasteiger partial charge in [-0.05, 0) is 6.07 Å². The zero-order valence-electron chi connectivity index (χ0n) is 16.5. The maximum absolute atomic E-state index is 9.00. The fraction of sp³-hybridized carbons (Fsp3) is 0.261. The van der Waals surface area contributed by atoms with Crippen molar-refractivity contribution in [2.75, 3.05) is 19.6 Å². The Bertz CT molecular complexity index is 1220. The van der Waals surface area contributed by atoms with Crippen LogP contribution in [-0.2, 0) is 6.54 Å². The lowest BCUT2D eigenvalue weighted by Gasteiger charge is -2.27. The summed E-state index contributed by atoms with van der Waals surface area (Å²) in [6.07, 6.45) is 1.62. The van der Waals surface area contributed by atoms with Crippen molar-refractivity contribution in [2.45, 2.75) is 19.4 Å². The van der Waals surface area contributed by atoms with Crippen molar-refractivity contribution in [3.63, 3.8) is 0 Å². The highest BCUT2D eigenvalue weighted by Gasteiger charge is 2.20. The molecular formula is C23H22ClN5O. The Hall–Kier alpha value is -2.96. The van der Waals surface area contributed by atoms with Crippen LogP contribution in [0.4, 0.5) is 0 Å². The number of hydrogen-bond donors (Lipinski definition) is 1. The highest BCUT2D eigenvalue weighted by Crippen LogP contribution is 2.33. The molecule has 30 heavy (non-hydrogen) atoms. The molecule has 6 nitrogen and oxygen atoms in total. The summed E-state index contributed by atoms with van der Waals surface area (Å²) in [6.45, 7) is 3.47. The fourth-order valence-corrected chi connectivity index (χ4v) is 4.42. The summed E-state index contributed by atoms with van der Waals surface area (Å²) in [5.41, 5.74) is 4.58. The van der Waals surface area contributed by atoms with Crippen LogP contribution in [0.25, 0.3) is 33.3 Å². The fourth-order valence-electron chi connectivity index (χ4n) is 4.20. The first-order valence-corrected chi connectivity index (χ1v) is 10.5. The van der Waals surface area contributed by atoms with E-state index in [-0.39, 0.29) is 0 Å². The van der Waals surface area contributed by atoms with Gasteiger partial charge in [-0.3, -0.25) is 0 Å². The van der Waals surface area contributed by atoms with Gasteiger partial charge in [0.1, 0.15) is 11.3 Å². The van der Waals surface area contributed by atoms with Crippen LogP contribution in [0.1, 0.15) is 12.8 Å². The largest absolute Gasteiger partial charge is 0.411 e. The second-order valence-electron chi connectivity index (χ2n) is 7.58. The predicted molar refractivity (Wildman–Crippen MR) is 120 cm³/mol. The molecular weight excluding hydrogens is 398 g/mol. The lowest BCUT2D eigenvalue weighted by atomic mass is 10.1. The third kappa shape index (κ3) is 3.42. The van der Waals surface area contributed by atoms with Crippen LogP contribution in [-0.4, -0.2) is 50.0 Å². The third-order valence-electron chi connectivity index (χ3n) is 5.79. The lowest BCUT2D eigenvalue weighted by molar-refractivity contribution is 0.255. The Kier molecular flexibility index (Phi) is 5.11. The molecule has 0 aliphatic carbocycles. The van der Waals surface area contributed by atoms with Crippen LogP contribution in [0, 0.1) is 0 Å². The van der Waals surface area contributed by atoms with E-state index in [9.17, 15) is 0 Å². The molecule has 1 aliphatic heterocycles. The Morgan fingerprint density at radius 2 is 1.67 bits per heavy atom. The van der Waals surface area contributed by atoms with Crippen molar-refractivity contribution in [1.82, 2.24) is 19.4 Å². The molecule has 4 aromatic rings. The summed E-state index contributed by atoms with van der Waals surface area (Å²) in [5, 5.41) is 13.9. The zero-order chi connectivity index (χ0) is 20.5. The lowest BCUT2D eigenvalue weighted by Crippen LogP contribution is -2.36. The quantitative estimate of drug-likeness (QED) is 0.292. The van der Waals surface area contributed by atoms with Crippen molar-refractivity contribution in [3.05, 3.63) is 59.8 Å². The van der Waals surface area contributed by atoms with Gasteiger partial charge in [-0.15, -0.1) is 0 Å². The van der Waals surface area contributed by atoms with E-state index in [1.807, 2.05) is 36.4 Å². The molecule has 0 unspecified atom stereocenters. The molecule has 0 spiro atoms. The van der Waals surface area contributed by atoms with Crippen LogP contribution in [0.2, 0.25) is 5.15 Å². The second-order valence-corrected chi connectivity index (χ2v) is 7.94. The van der Waals surface area contributed by atoms with Crippen molar-refractivity contribution in [2.24, 2.45) is 5.16 Å². The number of likely N-dealkylation sites (tertiary alicyclic amines) is 1. The molecule has 3 heterocycles. The van der Waals surface area contributed by atoms with Crippen LogP contribution < -0.4 is 0 Å². The molecule has 0 amide bonds. The number of piperidine rings is 1. The monoisotopic (exact) mass is 419 g/mol. The Morgan fingerprint density at radius 3 is 2.43 bits per heavy atom. The second kappa shape index (κ2) is 8.05. The van der Waals surface area contributed by atoms with E-state index >= 15 is 0 Å². The third-order valence-corrected chi connectivity index (χ3v) is 6.05. The zero-order valence-corrected chi connectivity index (χ0v) is 17.3. The first-order valence-electron chi connectivity index (χ1n) is 10.2. The minimum atomic E-state index is 0.432. The topological polar surface area (TPSA) is 66.5 Å². The summed E-state index contributed by atoms with van der Waals surface area (Å²) in [6, 6.07) is 18.3. The Labute approximate surface area is 179 Å². The molecule has 1 saturated heterocycles. The van der Waals surface area contributed by atoms with E-state index in [0.717, 1.165) is 78.1 Å². The van der Waals surface area contributed by atoms with E-state index in [0.29, 0.717) is 5.15 Å². The summed E-state index contributed by atoms with van der Waals surface area (Å²) in [4.78, 5) is 11.9. The van der Waals surface area contributed by atoms with Gasteiger partial charge in [0.15, 0.2) is 5.15 Å². The van der Waals surface area contributed by atoms with Crippen molar-refractivity contribution >= 4 is 39.2 Å². The SMILES string of the molecule is ON=C1CCN(CCn2c(-c3ccccc3)nc3c(Cl)nc4ccccc4c32)CC1. The molecule has 2 aromatic heterocycles. The number of para-hydroxylation sites is 1. The maximum Gasteiger partial charge on any atom is 0.157 e. The number of fused-ring (bicyclic) bond motifs is 3. The van der Waals surface area contributed by atoms with Crippen LogP contribution in [0.3, 0.4) is 0 Å². The number of benzene rings is 2. The number of halogens is 1. The average Bonchev–Trinajstić information content (AvgIpc) is 3.19. The molecule has 5 rings (SSSR count). The van der Waals surface area contributed by atoms with E-state index in [1.165, 1.54) is 0 Å². The first-order chi connectivity index (χ1) is 14.7. The highest BCUT2D eigenvalue weighted by atomic mass is 35.5. The summed E-state index contributed by atoms with van der Waals surface area (Å²) in [7, 11) is 0. The average molecular weight is 420 g/mol. The van der Waals surface area contributed by atoms with Gasteiger partial charge < -0.3 is 14.7 Å². The Balaban J connectivity index is 1.60. The van der Waals surface area contributed by atoms with Crippen LogP contribution in [0.5, 0.6) is 0 Å². The molecule has 0 bridgehead atoms. The molecule has 7 heteroatoms. The normalized spacial score (nSPS) is 15.2. The molecule has 1 aliphatic rings. The van der Waals surface area contributed by atoms with E-state index in [4.69, 9.17) is 21.8 Å². The standard InChI is InChI=1S/C23H22ClN5O/c24-22-20-21(18-8-4-5-9-19(18)25-22)29(23(26-20)16-6-2-1-3-7-16)15-14-28-12-10-17(27-30)11-13-28/h1-9,30H,10-15H2. The predicted octanol–water partition coefficient (Wildman–Crippen LogP) is 4.83. The molecule has 1 N–H and O–H groups in total. The van der Waals surface area contributed by atoms with Gasteiger partial charge in [-0.2, -0.15) is 0 Å². The van der Waals surface area contributed by atoms with Gasteiger partial charge in [0.05, 0.1) is 16.7 Å². The van der Waals surface area contributed by atoms with E-state index in [2.05, 4.69) is 37.8 Å². The van der Waals surface area contributed by atoms with Crippen molar-refractivity contribution in [1.29, 1.82) is 0 Å². The number of aromatic nitrogens is 3. The number of nitrogens with zero attached hydrogens (tertiary/aromatic N) is 5. The van der Waals surface area contributed by atoms with Gasteiger partial charge in [-0.1, -0.05) is 65.3 Å². The molecule has 152 valence electrons. The first kappa shape index (κ1) is 19.0. The van der Waals surface area contributed by atoms with Crippen molar-refractivity contribution < 1.29 is 5.21 Å². The van der Waals surface area contributed by atoms with E-state index in [1.54, 1.807) is 0 Å². The number of oxime groups is 1. The van der Waals surface area contributed by atoms with Crippen molar-refractivity contribution in [3.8, 4) is 11.4 Å². The minimum Gasteiger partial charge on any atom is -0.411 e. The van der Waals surface area contributed by atoms with Gasteiger partial charge in [0.2, 0.25) is 0 Å². The van der Waals surface area contributed by atoms with Gasteiger partial charge in [-0.25, -0.2) is 9.97 Å². The number of imidazole rings is 1. The van der Waals surface area contributed by atoms with Gasteiger partial charge in [0, 0.05) is 50.0 Å². The van der Waals surface area contributed by atoms with Gasteiger partial charge >= 0.3 is 0 Å². The minimum absolute atomic E-state index is 0.432. The van der Waals surface area contributed by atoms with Crippen LogP contribution in [0.15, 0.2) is 59.8 Å². The molecule has 0 saturated carbocycles.